The second-order valence-electron chi connectivity index (χ2n) is 3.41. The fourth-order valence-electron chi connectivity index (χ4n) is 1.70. The number of hydrogen-bond donors (Lipinski definition) is 0. The molecule has 0 aliphatic rings. The van der Waals surface area contributed by atoms with Gasteiger partial charge in [-0.3, -0.25) is 4.57 Å². The van der Waals surface area contributed by atoms with Crippen molar-refractivity contribution in [1.82, 2.24) is 18.9 Å². The Hall–Kier alpha value is -2.70. The fourth-order valence-corrected chi connectivity index (χ4v) is 1.70. The third kappa shape index (κ3) is 1.36. The Labute approximate surface area is 95.1 Å². The molecule has 0 fully saturated rings. The monoisotopic (exact) mass is 229 g/mol. The molecule has 0 amide bonds. The summed E-state index contributed by atoms with van der Waals surface area (Å²) in [7, 11) is 0. The molecule has 3 aromatic rings. The third-order valence-corrected chi connectivity index (χ3v) is 2.41. The molecular formula is C10H7N5O2. The largest absolute Gasteiger partial charge is 0.373 e. The molecule has 0 unspecified atom stereocenters. The average Bonchev–Trinajstić information content (AvgIpc) is 2.95. The SMILES string of the molecule is O=[N+]([O-])c1c(-n2ccnc2)nc2ccccn12. The van der Waals surface area contributed by atoms with Crippen molar-refractivity contribution in [2.24, 2.45) is 0 Å². The predicted octanol–water partition coefficient (Wildman–Crippen LogP) is 1.43. The third-order valence-electron chi connectivity index (χ3n) is 2.41. The Bertz CT molecular complexity index is 686. The van der Waals surface area contributed by atoms with E-state index in [0.29, 0.717) is 5.65 Å². The molecule has 84 valence electrons. The maximum absolute atomic E-state index is 11.1. The van der Waals surface area contributed by atoms with Gasteiger partial charge in [0.2, 0.25) is 11.5 Å². The summed E-state index contributed by atoms with van der Waals surface area (Å²) in [4.78, 5) is 18.7. The molecule has 7 nitrogen and oxygen atoms in total. The molecule has 3 heterocycles. The van der Waals surface area contributed by atoms with Gasteiger partial charge >= 0.3 is 5.82 Å². The number of nitrogens with zero attached hydrogens (tertiary/aromatic N) is 5. The molecule has 0 saturated heterocycles. The molecule has 0 atom stereocenters. The highest BCUT2D eigenvalue weighted by Crippen LogP contribution is 2.23. The number of fused-ring (bicyclic) bond motifs is 1. The number of aromatic nitrogens is 4. The number of rotatable bonds is 2. The number of pyridine rings is 1. The standard InChI is InChI=1S/C10H7N5O2/c16-15(17)10-9(13-6-4-11-7-13)12-8-3-1-2-5-14(8)10/h1-7H. The second kappa shape index (κ2) is 3.41. The van der Waals surface area contributed by atoms with E-state index in [0.717, 1.165) is 0 Å². The highest BCUT2D eigenvalue weighted by atomic mass is 16.6. The van der Waals surface area contributed by atoms with Gasteiger partial charge in [0.1, 0.15) is 6.33 Å². The quantitative estimate of drug-likeness (QED) is 0.492. The smallest absolute Gasteiger partial charge is 0.358 e. The Kier molecular flexibility index (Phi) is 1.91. The van der Waals surface area contributed by atoms with E-state index in [1.807, 2.05) is 0 Å². The van der Waals surface area contributed by atoms with Gasteiger partial charge in [-0.05, 0) is 11.0 Å². The number of hydrogen-bond acceptors (Lipinski definition) is 4. The lowest BCUT2D eigenvalue weighted by atomic mass is 10.5. The van der Waals surface area contributed by atoms with Crippen molar-refractivity contribution in [2.75, 3.05) is 0 Å². The van der Waals surface area contributed by atoms with Crippen LogP contribution < -0.4 is 0 Å². The number of nitro groups is 1. The summed E-state index contributed by atoms with van der Waals surface area (Å²) in [6.07, 6.45) is 6.26. The van der Waals surface area contributed by atoms with Crippen molar-refractivity contribution in [1.29, 1.82) is 0 Å². The highest BCUT2D eigenvalue weighted by molar-refractivity contribution is 5.55. The van der Waals surface area contributed by atoms with Crippen molar-refractivity contribution in [3.8, 4) is 5.82 Å². The maximum atomic E-state index is 11.1. The lowest BCUT2D eigenvalue weighted by molar-refractivity contribution is -0.390. The van der Waals surface area contributed by atoms with Gasteiger partial charge < -0.3 is 10.1 Å². The zero-order valence-corrected chi connectivity index (χ0v) is 8.59. The van der Waals surface area contributed by atoms with Gasteiger partial charge in [-0.1, -0.05) is 6.07 Å². The predicted molar refractivity (Wildman–Crippen MR) is 59.0 cm³/mol. The fraction of sp³-hybridized carbons (Fsp3) is 0. The average molecular weight is 229 g/mol. The normalized spacial score (nSPS) is 10.8. The van der Waals surface area contributed by atoms with E-state index >= 15 is 0 Å². The minimum absolute atomic E-state index is 0.0707. The van der Waals surface area contributed by atoms with Crippen molar-refractivity contribution in [3.05, 3.63) is 53.2 Å². The van der Waals surface area contributed by atoms with Gasteiger partial charge in [-0.25, -0.2) is 4.98 Å². The van der Waals surface area contributed by atoms with Gasteiger partial charge in [0.25, 0.3) is 0 Å². The molecule has 0 radical (unpaired) electrons. The summed E-state index contributed by atoms with van der Waals surface area (Å²) < 4.78 is 2.96. The molecule has 3 rings (SSSR count). The first-order chi connectivity index (χ1) is 8.27. The summed E-state index contributed by atoms with van der Waals surface area (Å²) in [5.74, 6) is 0.192. The van der Waals surface area contributed by atoms with E-state index in [1.165, 1.54) is 15.3 Å². The number of imidazole rings is 2. The van der Waals surface area contributed by atoms with Gasteiger partial charge in [0, 0.05) is 18.5 Å². The van der Waals surface area contributed by atoms with Crippen LogP contribution in [0.25, 0.3) is 11.5 Å². The van der Waals surface area contributed by atoms with Crippen LogP contribution in [-0.4, -0.2) is 23.9 Å². The lowest BCUT2D eigenvalue weighted by Crippen LogP contribution is -1.99. The molecule has 0 spiro atoms. The van der Waals surface area contributed by atoms with Crippen LogP contribution in [0.1, 0.15) is 0 Å². The molecule has 3 aromatic heterocycles. The van der Waals surface area contributed by atoms with Crippen LogP contribution >= 0.6 is 0 Å². The summed E-state index contributed by atoms with van der Waals surface area (Å²) in [6, 6.07) is 5.22. The van der Waals surface area contributed by atoms with Crippen molar-refractivity contribution in [3.63, 3.8) is 0 Å². The molecular weight excluding hydrogens is 222 g/mol. The van der Waals surface area contributed by atoms with E-state index in [2.05, 4.69) is 9.97 Å². The van der Waals surface area contributed by atoms with Crippen LogP contribution in [0, 0.1) is 10.1 Å². The lowest BCUT2D eigenvalue weighted by Gasteiger charge is -1.97. The Morgan fingerprint density at radius 2 is 2.18 bits per heavy atom. The molecule has 0 aliphatic heterocycles. The van der Waals surface area contributed by atoms with Crippen molar-refractivity contribution >= 4 is 11.5 Å². The minimum Gasteiger partial charge on any atom is -0.358 e. The van der Waals surface area contributed by atoms with Crippen LogP contribution in [0.4, 0.5) is 5.82 Å². The first-order valence-corrected chi connectivity index (χ1v) is 4.87. The maximum Gasteiger partial charge on any atom is 0.373 e. The van der Waals surface area contributed by atoms with Crippen LogP contribution in [0.15, 0.2) is 43.1 Å². The molecule has 0 bridgehead atoms. The van der Waals surface area contributed by atoms with Crippen molar-refractivity contribution in [2.45, 2.75) is 0 Å². The van der Waals surface area contributed by atoms with E-state index in [4.69, 9.17) is 0 Å². The molecule has 0 saturated carbocycles. The van der Waals surface area contributed by atoms with Gasteiger partial charge in [-0.2, -0.15) is 9.38 Å². The van der Waals surface area contributed by atoms with E-state index in [1.54, 1.807) is 36.8 Å². The Morgan fingerprint density at radius 3 is 2.88 bits per heavy atom. The van der Waals surface area contributed by atoms with E-state index < -0.39 is 4.92 Å². The van der Waals surface area contributed by atoms with E-state index in [9.17, 15) is 10.1 Å². The highest BCUT2D eigenvalue weighted by Gasteiger charge is 2.23. The van der Waals surface area contributed by atoms with Crippen molar-refractivity contribution < 1.29 is 4.92 Å². The Morgan fingerprint density at radius 1 is 1.29 bits per heavy atom. The first kappa shape index (κ1) is 9.52. The van der Waals surface area contributed by atoms with Crippen LogP contribution in [0.2, 0.25) is 0 Å². The summed E-state index contributed by atoms with van der Waals surface area (Å²) in [5, 5.41) is 11.1. The molecule has 17 heavy (non-hydrogen) atoms. The summed E-state index contributed by atoms with van der Waals surface area (Å²) in [6.45, 7) is 0. The van der Waals surface area contributed by atoms with E-state index in [-0.39, 0.29) is 11.6 Å². The summed E-state index contributed by atoms with van der Waals surface area (Å²) >= 11 is 0. The van der Waals surface area contributed by atoms with Gasteiger partial charge in [0.15, 0.2) is 0 Å². The van der Waals surface area contributed by atoms with Crippen LogP contribution in [-0.2, 0) is 0 Å². The first-order valence-electron chi connectivity index (χ1n) is 4.87. The molecule has 0 N–H and O–H groups in total. The second-order valence-corrected chi connectivity index (χ2v) is 3.41. The zero-order valence-electron chi connectivity index (χ0n) is 8.59. The van der Waals surface area contributed by atoms with Crippen LogP contribution in [0.5, 0.6) is 0 Å². The zero-order chi connectivity index (χ0) is 11.8. The Balaban J connectivity index is 2.38. The molecule has 0 aromatic carbocycles. The molecule has 7 heteroatoms. The minimum atomic E-state index is -0.449. The topological polar surface area (TPSA) is 78.3 Å². The molecule has 0 aliphatic carbocycles. The summed E-state index contributed by atoms with van der Waals surface area (Å²) in [5.41, 5.74) is 0.530. The van der Waals surface area contributed by atoms with Gasteiger partial charge in [0.05, 0.1) is 6.20 Å². The van der Waals surface area contributed by atoms with Gasteiger partial charge in [-0.15, -0.1) is 0 Å². The van der Waals surface area contributed by atoms with Crippen LogP contribution in [0.3, 0.4) is 0 Å².